The van der Waals surface area contributed by atoms with Gasteiger partial charge in [-0.05, 0) is 53.6 Å². The predicted octanol–water partition coefficient (Wildman–Crippen LogP) is 5.50. The van der Waals surface area contributed by atoms with E-state index in [4.69, 9.17) is 28.3 Å². The lowest BCUT2D eigenvalue weighted by Crippen LogP contribution is -2.22. The molecule has 0 radical (unpaired) electrons. The standard InChI is InChI=1S/C23H16Cl2FN3O3S2/c24-16-9-13(10-17(25)11-16)12-28-22(30)23-29-20(14-3-7-19(8-4-14)34(27,31)32)21(33-23)15-1-5-18(26)6-2-15/h1-11H,12H2,(H,28,30)(H2,27,31,32). The molecule has 0 bridgehead atoms. The minimum atomic E-state index is -3.86. The molecule has 4 rings (SSSR count). The molecule has 0 aliphatic rings. The second-order valence-electron chi connectivity index (χ2n) is 7.23. The number of carbonyl (C=O) groups is 1. The average Bonchev–Trinajstić information content (AvgIpc) is 3.22. The molecule has 1 heterocycles. The number of nitrogens with two attached hydrogens (primary N) is 1. The van der Waals surface area contributed by atoms with Crippen molar-refractivity contribution in [3.05, 3.63) is 93.2 Å². The number of halogens is 3. The number of rotatable bonds is 6. The van der Waals surface area contributed by atoms with Crippen molar-refractivity contribution in [2.75, 3.05) is 0 Å². The molecule has 0 spiro atoms. The smallest absolute Gasteiger partial charge is 0.280 e. The van der Waals surface area contributed by atoms with Gasteiger partial charge in [-0.1, -0.05) is 47.5 Å². The van der Waals surface area contributed by atoms with E-state index < -0.39 is 21.7 Å². The molecule has 1 aromatic heterocycles. The number of sulfonamides is 1. The minimum Gasteiger partial charge on any atom is -0.346 e. The van der Waals surface area contributed by atoms with Gasteiger partial charge < -0.3 is 5.32 Å². The molecule has 0 saturated heterocycles. The van der Waals surface area contributed by atoms with Crippen LogP contribution in [-0.4, -0.2) is 19.3 Å². The van der Waals surface area contributed by atoms with E-state index in [1.54, 1.807) is 42.5 Å². The zero-order chi connectivity index (χ0) is 24.5. The lowest BCUT2D eigenvalue weighted by Gasteiger charge is -2.05. The van der Waals surface area contributed by atoms with Crippen molar-refractivity contribution in [2.24, 2.45) is 5.14 Å². The first kappa shape index (κ1) is 24.3. The van der Waals surface area contributed by atoms with Crippen LogP contribution in [0.2, 0.25) is 10.0 Å². The highest BCUT2D eigenvalue weighted by Crippen LogP contribution is 2.37. The SMILES string of the molecule is NS(=O)(=O)c1ccc(-c2nc(C(=O)NCc3cc(Cl)cc(Cl)c3)sc2-c2ccc(F)cc2)cc1. The summed E-state index contributed by atoms with van der Waals surface area (Å²) >= 11 is 13.2. The molecule has 34 heavy (non-hydrogen) atoms. The van der Waals surface area contributed by atoms with Crippen LogP contribution in [0.4, 0.5) is 4.39 Å². The Kier molecular flexibility index (Phi) is 7.01. The van der Waals surface area contributed by atoms with Crippen LogP contribution in [0, 0.1) is 5.82 Å². The van der Waals surface area contributed by atoms with Gasteiger partial charge in [-0.15, -0.1) is 11.3 Å². The Balaban J connectivity index is 1.68. The number of benzene rings is 3. The van der Waals surface area contributed by atoms with Gasteiger partial charge in [-0.25, -0.2) is 22.9 Å². The van der Waals surface area contributed by atoms with Gasteiger partial charge in [0.15, 0.2) is 5.01 Å². The maximum absolute atomic E-state index is 13.5. The predicted molar refractivity (Wildman–Crippen MR) is 132 cm³/mol. The van der Waals surface area contributed by atoms with Crippen LogP contribution in [0.1, 0.15) is 15.4 Å². The Morgan fingerprint density at radius 2 is 1.56 bits per heavy atom. The maximum Gasteiger partial charge on any atom is 0.280 e. The van der Waals surface area contributed by atoms with E-state index in [2.05, 4.69) is 10.3 Å². The van der Waals surface area contributed by atoms with Crippen LogP contribution in [-0.2, 0) is 16.6 Å². The molecule has 174 valence electrons. The lowest BCUT2D eigenvalue weighted by molar-refractivity contribution is 0.0950. The van der Waals surface area contributed by atoms with Gasteiger partial charge in [-0.3, -0.25) is 4.79 Å². The molecule has 0 unspecified atom stereocenters. The van der Waals surface area contributed by atoms with E-state index in [1.807, 2.05) is 0 Å². The maximum atomic E-state index is 13.5. The molecular formula is C23H16Cl2FN3O3S2. The molecule has 6 nitrogen and oxygen atoms in total. The number of carbonyl (C=O) groups excluding carboxylic acids is 1. The number of amides is 1. The number of hydrogen-bond acceptors (Lipinski definition) is 5. The third kappa shape index (κ3) is 5.63. The van der Waals surface area contributed by atoms with Crippen molar-refractivity contribution in [2.45, 2.75) is 11.4 Å². The molecule has 0 saturated carbocycles. The van der Waals surface area contributed by atoms with Crippen molar-refractivity contribution >= 4 is 50.5 Å². The first-order valence-electron chi connectivity index (χ1n) is 9.73. The number of nitrogens with one attached hydrogen (secondary N) is 1. The monoisotopic (exact) mass is 535 g/mol. The highest BCUT2D eigenvalue weighted by molar-refractivity contribution is 7.89. The van der Waals surface area contributed by atoms with Crippen LogP contribution >= 0.6 is 34.5 Å². The quantitative estimate of drug-likeness (QED) is 0.340. The van der Waals surface area contributed by atoms with Gasteiger partial charge in [0.05, 0.1) is 15.5 Å². The van der Waals surface area contributed by atoms with Crippen LogP contribution in [0.25, 0.3) is 21.7 Å². The number of hydrogen-bond donors (Lipinski definition) is 2. The average molecular weight is 536 g/mol. The van der Waals surface area contributed by atoms with Crippen LogP contribution < -0.4 is 10.5 Å². The largest absolute Gasteiger partial charge is 0.346 e. The van der Waals surface area contributed by atoms with Crippen molar-refractivity contribution < 1.29 is 17.6 Å². The summed E-state index contributed by atoms with van der Waals surface area (Å²) in [6, 6.07) is 16.6. The number of aromatic nitrogens is 1. The molecule has 3 N–H and O–H groups in total. The summed E-state index contributed by atoms with van der Waals surface area (Å²) in [7, 11) is -3.86. The summed E-state index contributed by atoms with van der Waals surface area (Å²) < 4.78 is 36.6. The summed E-state index contributed by atoms with van der Waals surface area (Å²) in [5.74, 6) is -0.817. The summed E-state index contributed by atoms with van der Waals surface area (Å²) in [4.78, 5) is 17.9. The fourth-order valence-corrected chi connectivity index (χ4v) is 5.28. The Hall–Kier alpha value is -2.82. The van der Waals surface area contributed by atoms with Gasteiger partial charge in [0, 0.05) is 22.2 Å². The molecule has 11 heteroatoms. The summed E-state index contributed by atoms with van der Waals surface area (Å²) in [6.45, 7) is 0.183. The zero-order valence-corrected chi connectivity index (χ0v) is 20.4. The second kappa shape index (κ2) is 9.81. The van der Waals surface area contributed by atoms with Gasteiger partial charge >= 0.3 is 0 Å². The third-order valence-corrected chi connectivity index (χ3v) is 7.23. The fraction of sp³-hybridized carbons (Fsp3) is 0.0435. The molecular weight excluding hydrogens is 520 g/mol. The van der Waals surface area contributed by atoms with Crippen molar-refractivity contribution in [1.29, 1.82) is 0 Å². The number of primary sulfonamides is 1. The Bertz CT molecular complexity index is 1450. The van der Waals surface area contributed by atoms with Crippen LogP contribution in [0.3, 0.4) is 0 Å². The number of nitrogens with zero attached hydrogens (tertiary/aromatic N) is 1. The van der Waals surface area contributed by atoms with E-state index in [0.717, 1.165) is 16.9 Å². The van der Waals surface area contributed by atoms with E-state index in [9.17, 15) is 17.6 Å². The van der Waals surface area contributed by atoms with Crippen molar-refractivity contribution in [1.82, 2.24) is 10.3 Å². The molecule has 4 aromatic rings. The minimum absolute atomic E-state index is 0.0482. The molecule has 0 aliphatic carbocycles. The van der Waals surface area contributed by atoms with E-state index in [1.165, 1.54) is 24.3 Å². The summed E-state index contributed by atoms with van der Waals surface area (Å²) in [6.07, 6.45) is 0. The molecule has 0 atom stereocenters. The lowest BCUT2D eigenvalue weighted by atomic mass is 10.1. The van der Waals surface area contributed by atoms with Crippen molar-refractivity contribution in [3.63, 3.8) is 0 Å². The number of thiazole rings is 1. The summed E-state index contributed by atoms with van der Waals surface area (Å²) in [5.41, 5.74) is 2.40. The fourth-order valence-electron chi connectivity index (χ4n) is 3.18. The van der Waals surface area contributed by atoms with E-state index >= 15 is 0 Å². The normalized spacial score (nSPS) is 11.4. The summed E-state index contributed by atoms with van der Waals surface area (Å²) in [5, 5.41) is 9.05. The Labute approximate surface area is 209 Å². The van der Waals surface area contributed by atoms with Crippen molar-refractivity contribution in [3.8, 4) is 21.7 Å². The third-order valence-electron chi connectivity index (χ3n) is 4.76. The Morgan fingerprint density at radius 1 is 0.971 bits per heavy atom. The van der Waals surface area contributed by atoms with Crippen LogP contribution in [0.15, 0.2) is 71.6 Å². The molecule has 1 amide bonds. The molecule has 3 aromatic carbocycles. The first-order valence-corrected chi connectivity index (χ1v) is 12.9. The molecule has 0 aliphatic heterocycles. The van der Waals surface area contributed by atoms with Gasteiger partial charge in [-0.2, -0.15) is 0 Å². The van der Waals surface area contributed by atoms with Crippen LogP contribution in [0.5, 0.6) is 0 Å². The van der Waals surface area contributed by atoms with E-state index in [-0.39, 0.29) is 16.4 Å². The first-order chi connectivity index (χ1) is 16.1. The molecule has 0 fully saturated rings. The zero-order valence-electron chi connectivity index (χ0n) is 17.3. The highest BCUT2D eigenvalue weighted by atomic mass is 35.5. The van der Waals surface area contributed by atoms with Gasteiger partial charge in [0.2, 0.25) is 10.0 Å². The topological polar surface area (TPSA) is 102 Å². The highest BCUT2D eigenvalue weighted by Gasteiger charge is 2.20. The second-order valence-corrected chi connectivity index (χ2v) is 10.7. The van der Waals surface area contributed by atoms with Gasteiger partial charge in [0.1, 0.15) is 5.82 Å². The van der Waals surface area contributed by atoms with E-state index in [0.29, 0.717) is 31.7 Å². The van der Waals surface area contributed by atoms with Gasteiger partial charge in [0.25, 0.3) is 5.91 Å². The Morgan fingerprint density at radius 3 is 2.15 bits per heavy atom.